The molecule has 6 heteroatoms. The summed E-state index contributed by atoms with van der Waals surface area (Å²) in [6, 6.07) is 9.99. The average Bonchev–Trinajstić information content (AvgIpc) is 2.43. The molecule has 6 nitrogen and oxygen atoms in total. The van der Waals surface area contributed by atoms with Gasteiger partial charge in [0, 0.05) is 5.69 Å². The predicted molar refractivity (Wildman–Crippen MR) is 74.8 cm³/mol. The minimum atomic E-state index is -1.13. The summed E-state index contributed by atoms with van der Waals surface area (Å²) in [5.41, 5.74) is 8.05. The molecule has 0 unspecified atom stereocenters. The topological polar surface area (TPSA) is 112 Å². The third kappa shape index (κ3) is 2.67. The van der Waals surface area contributed by atoms with Crippen LogP contribution >= 0.6 is 0 Å². The van der Waals surface area contributed by atoms with E-state index in [0.717, 1.165) is 5.56 Å². The third-order valence-electron chi connectivity index (χ3n) is 2.77. The van der Waals surface area contributed by atoms with Gasteiger partial charge in [0.1, 0.15) is 0 Å². The van der Waals surface area contributed by atoms with Gasteiger partial charge in [0.2, 0.25) is 0 Å². The monoisotopic (exact) mass is 268 g/mol. The normalized spacial score (nSPS) is 9.80. The lowest BCUT2D eigenvalue weighted by molar-refractivity contribution is 0.0690. The number of rotatable bonds is 3. The molecule has 2 aromatic rings. The summed E-state index contributed by atoms with van der Waals surface area (Å²) in [7, 11) is 0. The Bertz CT molecular complexity index is 720. The van der Waals surface area contributed by atoms with Crippen molar-refractivity contribution in [3.63, 3.8) is 0 Å². The molecule has 20 heavy (non-hydrogen) atoms. The number of aromatic nitrogens is 1. The highest BCUT2D eigenvalue weighted by atomic mass is 16.4. The van der Waals surface area contributed by atoms with Crippen LogP contribution in [-0.2, 0) is 0 Å². The summed E-state index contributed by atoms with van der Waals surface area (Å²) in [4.78, 5) is 14.9. The number of nitrogens with one attached hydrogen (secondary N) is 1. The van der Waals surface area contributed by atoms with Crippen molar-refractivity contribution in [1.82, 2.24) is 4.98 Å². The molecule has 1 heterocycles. The lowest BCUT2D eigenvalue weighted by atomic mass is 10.1. The highest BCUT2D eigenvalue weighted by molar-refractivity contribution is 5.87. The number of nitriles is 1. The van der Waals surface area contributed by atoms with Gasteiger partial charge in [0.25, 0.3) is 0 Å². The molecule has 0 saturated carbocycles. The Kier molecular flexibility index (Phi) is 3.53. The molecule has 2 rings (SSSR count). The van der Waals surface area contributed by atoms with E-state index >= 15 is 0 Å². The van der Waals surface area contributed by atoms with Crippen molar-refractivity contribution in [1.29, 1.82) is 5.26 Å². The summed E-state index contributed by atoms with van der Waals surface area (Å²) in [6.07, 6.45) is 0. The van der Waals surface area contributed by atoms with Crippen LogP contribution in [0, 0.1) is 18.3 Å². The first-order valence-corrected chi connectivity index (χ1v) is 5.79. The minimum absolute atomic E-state index is 0.101. The van der Waals surface area contributed by atoms with Crippen molar-refractivity contribution in [2.24, 2.45) is 0 Å². The number of aryl methyl sites for hydroxylation is 1. The van der Waals surface area contributed by atoms with Crippen LogP contribution in [0.5, 0.6) is 0 Å². The maximum atomic E-state index is 10.9. The van der Waals surface area contributed by atoms with E-state index in [1.807, 2.05) is 13.0 Å². The molecule has 1 aromatic carbocycles. The van der Waals surface area contributed by atoms with Gasteiger partial charge in [-0.15, -0.1) is 0 Å². The van der Waals surface area contributed by atoms with Crippen LogP contribution in [0.3, 0.4) is 0 Å². The van der Waals surface area contributed by atoms with Crippen LogP contribution in [0.15, 0.2) is 30.3 Å². The van der Waals surface area contributed by atoms with Gasteiger partial charge in [-0.25, -0.2) is 9.78 Å². The van der Waals surface area contributed by atoms with Crippen LogP contribution in [0.25, 0.3) is 0 Å². The van der Waals surface area contributed by atoms with Gasteiger partial charge in [-0.1, -0.05) is 6.07 Å². The average molecular weight is 268 g/mol. The van der Waals surface area contributed by atoms with E-state index in [1.165, 1.54) is 12.1 Å². The molecule has 0 aliphatic heterocycles. The Morgan fingerprint density at radius 3 is 2.80 bits per heavy atom. The molecule has 1 aromatic heterocycles. The Morgan fingerprint density at radius 2 is 2.15 bits per heavy atom. The van der Waals surface area contributed by atoms with Crippen LogP contribution in [0.4, 0.5) is 17.2 Å². The standard InChI is InChI=1S/C14H12N4O2/c1-8-2-3-9(7-15)6-12(8)18-13-10(16)4-5-11(17-13)14(19)20/h2-6H,16H2,1H3,(H,17,18)(H,19,20). The zero-order valence-corrected chi connectivity index (χ0v) is 10.7. The number of benzene rings is 1. The Hall–Kier alpha value is -3.07. The molecule has 0 spiro atoms. The summed E-state index contributed by atoms with van der Waals surface area (Å²) in [6.45, 7) is 1.86. The lowest BCUT2D eigenvalue weighted by Gasteiger charge is -2.11. The molecule has 0 aliphatic carbocycles. The molecule has 0 radical (unpaired) electrons. The second kappa shape index (κ2) is 5.28. The van der Waals surface area contributed by atoms with Crippen molar-refractivity contribution in [2.45, 2.75) is 6.92 Å². The number of hydrogen-bond donors (Lipinski definition) is 3. The molecule has 0 bridgehead atoms. The summed E-state index contributed by atoms with van der Waals surface area (Å²) in [5.74, 6) is -0.876. The van der Waals surface area contributed by atoms with E-state index in [2.05, 4.69) is 10.3 Å². The van der Waals surface area contributed by atoms with E-state index in [1.54, 1.807) is 18.2 Å². The third-order valence-corrected chi connectivity index (χ3v) is 2.77. The van der Waals surface area contributed by atoms with E-state index < -0.39 is 5.97 Å². The van der Waals surface area contributed by atoms with Crippen molar-refractivity contribution in [2.75, 3.05) is 11.1 Å². The van der Waals surface area contributed by atoms with Crippen LogP contribution in [0.1, 0.15) is 21.6 Å². The number of hydrogen-bond acceptors (Lipinski definition) is 5. The highest BCUT2D eigenvalue weighted by Crippen LogP contribution is 2.24. The molecule has 4 N–H and O–H groups in total. The second-order valence-electron chi connectivity index (χ2n) is 4.21. The minimum Gasteiger partial charge on any atom is -0.477 e. The van der Waals surface area contributed by atoms with E-state index in [9.17, 15) is 4.79 Å². The molecule has 0 amide bonds. The van der Waals surface area contributed by atoms with E-state index in [-0.39, 0.29) is 11.5 Å². The summed E-state index contributed by atoms with van der Waals surface area (Å²) >= 11 is 0. The molecule has 0 atom stereocenters. The van der Waals surface area contributed by atoms with Gasteiger partial charge in [-0.05, 0) is 36.8 Å². The quantitative estimate of drug-likeness (QED) is 0.787. The second-order valence-corrected chi connectivity index (χ2v) is 4.21. The number of nitrogens with two attached hydrogens (primary N) is 1. The number of nitrogens with zero attached hydrogens (tertiary/aromatic N) is 2. The number of nitrogen functional groups attached to an aromatic ring is 1. The fourth-order valence-corrected chi connectivity index (χ4v) is 1.64. The molecular weight excluding hydrogens is 256 g/mol. The molecule has 0 saturated heterocycles. The number of anilines is 3. The van der Waals surface area contributed by atoms with Crippen LogP contribution in [-0.4, -0.2) is 16.1 Å². The summed E-state index contributed by atoms with van der Waals surface area (Å²) in [5, 5.41) is 20.8. The molecular formula is C14H12N4O2. The first-order chi connectivity index (χ1) is 9.51. The van der Waals surface area contributed by atoms with Crippen molar-refractivity contribution in [3.8, 4) is 6.07 Å². The van der Waals surface area contributed by atoms with Gasteiger partial charge in [0.05, 0.1) is 17.3 Å². The predicted octanol–water partition coefficient (Wildman–Crippen LogP) is 2.29. The number of aromatic carboxylic acids is 1. The Morgan fingerprint density at radius 1 is 1.40 bits per heavy atom. The first-order valence-electron chi connectivity index (χ1n) is 5.79. The summed E-state index contributed by atoms with van der Waals surface area (Å²) < 4.78 is 0. The zero-order chi connectivity index (χ0) is 14.7. The smallest absolute Gasteiger partial charge is 0.354 e. The number of carbonyl (C=O) groups is 1. The Balaban J connectivity index is 2.42. The largest absolute Gasteiger partial charge is 0.477 e. The Labute approximate surface area is 115 Å². The maximum absolute atomic E-state index is 10.9. The molecule has 0 aliphatic rings. The van der Waals surface area contributed by atoms with Gasteiger partial charge >= 0.3 is 5.97 Å². The van der Waals surface area contributed by atoms with Crippen molar-refractivity contribution < 1.29 is 9.90 Å². The van der Waals surface area contributed by atoms with Gasteiger partial charge < -0.3 is 16.2 Å². The highest BCUT2D eigenvalue weighted by Gasteiger charge is 2.10. The van der Waals surface area contributed by atoms with E-state index in [4.69, 9.17) is 16.1 Å². The van der Waals surface area contributed by atoms with Gasteiger partial charge in [-0.3, -0.25) is 0 Å². The number of pyridine rings is 1. The maximum Gasteiger partial charge on any atom is 0.354 e. The van der Waals surface area contributed by atoms with Crippen LogP contribution in [0.2, 0.25) is 0 Å². The fourth-order valence-electron chi connectivity index (χ4n) is 1.64. The van der Waals surface area contributed by atoms with Crippen molar-refractivity contribution >= 4 is 23.2 Å². The van der Waals surface area contributed by atoms with Gasteiger partial charge in [0.15, 0.2) is 11.5 Å². The van der Waals surface area contributed by atoms with Crippen LogP contribution < -0.4 is 11.1 Å². The zero-order valence-electron chi connectivity index (χ0n) is 10.7. The van der Waals surface area contributed by atoms with Gasteiger partial charge in [-0.2, -0.15) is 5.26 Å². The fraction of sp³-hybridized carbons (Fsp3) is 0.0714. The molecule has 100 valence electrons. The van der Waals surface area contributed by atoms with E-state index in [0.29, 0.717) is 16.9 Å². The SMILES string of the molecule is Cc1ccc(C#N)cc1Nc1nc(C(=O)O)ccc1N. The first kappa shape index (κ1) is 13.4. The lowest BCUT2D eigenvalue weighted by Crippen LogP contribution is -2.06. The number of carboxylic acid groups (broad SMARTS) is 1. The van der Waals surface area contributed by atoms with Crippen molar-refractivity contribution in [3.05, 3.63) is 47.2 Å². The number of carboxylic acids is 1. The molecule has 0 fully saturated rings.